The molecule has 2 aromatic carbocycles. The van der Waals surface area contributed by atoms with Gasteiger partial charge in [0, 0.05) is 11.3 Å². The first-order chi connectivity index (χ1) is 10.4. The Kier molecular flexibility index (Phi) is 3.18. The van der Waals surface area contributed by atoms with Crippen LogP contribution in [-0.2, 0) is 0 Å². The van der Waals surface area contributed by atoms with E-state index >= 15 is 0 Å². The van der Waals surface area contributed by atoms with Gasteiger partial charge in [0.15, 0.2) is 0 Å². The number of thiophene rings is 1. The molecule has 0 bridgehead atoms. The Bertz CT molecular complexity index is 864. The minimum Gasteiger partial charge on any atom is -0.347 e. The minimum absolute atomic E-state index is 1.04. The summed E-state index contributed by atoms with van der Waals surface area (Å²) >= 11 is 3.43. The average molecular weight is 308 g/mol. The van der Waals surface area contributed by atoms with Crippen molar-refractivity contribution in [1.29, 1.82) is 0 Å². The van der Waals surface area contributed by atoms with Gasteiger partial charge in [-0.1, -0.05) is 30.3 Å². The summed E-state index contributed by atoms with van der Waals surface area (Å²) in [5.41, 5.74) is 3.29. The van der Waals surface area contributed by atoms with Gasteiger partial charge in [-0.3, -0.25) is 0 Å². The Morgan fingerprint density at radius 1 is 0.905 bits per heavy atom. The Labute approximate surface area is 130 Å². The van der Waals surface area contributed by atoms with Gasteiger partial charge >= 0.3 is 0 Å². The molecule has 21 heavy (non-hydrogen) atoms. The summed E-state index contributed by atoms with van der Waals surface area (Å²) in [5, 5.41) is 7.69. The van der Waals surface area contributed by atoms with Crippen molar-refractivity contribution in [2.75, 3.05) is 5.32 Å². The van der Waals surface area contributed by atoms with Crippen LogP contribution >= 0.6 is 22.7 Å². The first kappa shape index (κ1) is 12.6. The Morgan fingerprint density at radius 2 is 1.81 bits per heavy atom. The number of hydrogen-bond donors (Lipinski definition) is 1. The molecular weight excluding hydrogens is 296 g/mol. The zero-order valence-corrected chi connectivity index (χ0v) is 12.7. The van der Waals surface area contributed by atoms with Gasteiger partial charge in [-0.2, -0.15) is 0 Å². The SMILES string of the molecule is c1ccc(-c2nc3cc(Nc4cccs4)ccc3s2)cc1. The highest BCUT2D eigenvalue weighted by molar-refractivity contribution is 7.21. The van der Waals surface area contributed by atoms with E-state index in [1.807, 2.05) is 24.3 Å². The highest BCUT2D eigenvalue weighted by Crippen LogP contribution is 2.32. The van der Waals surface area contributed by atoms with E-state index in [1.54, 1.807) is 22.7 Å². The van der Waals surface area contributed by atoms with Gasteiger partial charge in [0.1, 0.15) is 5.01 Å². The largest absolute Gasteiger partial charge is 0.347 e. The molecule has 2 nitrogen and oxygen atoms in total. The third-order valence-corrected chi connectivity index (χ3v) is 5.07. The molecule has 0 atom stereocenters. The number of anilines is 2. The molecule has 0 spiro atoms. The lowest BCUT2D eigenvalue weighted by molar-refractivity contribution is 1.47. The molecule has 4 heteroatoms. The molecule has 0 aliphatic carbocycles. The third kappa shape index (κ3) is 2.55. The van der Waals surface area contributed by atoms with E-state index in [-0.39, 0.29) is 0 Å². The van der Waals surface area contributed by atoms with Crippen LogP contribution in [0.25, 0.3) is 20.8 Å². The molecule has 0 saturated carbocycles. The fourth-order valence-corrected chi connectivity index (χ4v) is 3.79. The van der Waals surface area contributed by atoms with Crippen molar-refractivity contribution in [3.8, 4) is 10.6 Å². The van der Waals surface area contributed by atoms with Crippen molar-refractivity contribution in [2.24, 2.45) is 0 Å². The summed E-state index contributed by atoms with van der Waals surface area (Å²) in [6.45, 7) is 0. The second-order valence-corrected chi connectivity index (χ2v) is 6.65. The maximum absolute atomic E-state index is 4.75. The summed E-state index contributed by atoms with van der Waals surface area (Å²) in [6.07, 6.45) is 0. The van der Waals surface area contributed by atoms with E-state index in [0.29, 0.717) is 0 Å². The summed E-state index contributed by atoms with van der Waals surface area (Å²) < 4.78 is 1.21. The molecule has 0 saturated heterocycles. The van der Waals surface area contributed by atoms with Crippen LogP contribution < -0.4 is 5.32 Å². The monoisotopic (exact) mass is 308 g/mol. The molecule has 4 aromatic rings. The van der Waals surface area contributed by atoms with Crippen LogP contribution in [0.5, 0.6) is 0 Å². The number of hydrogen-bond acceptors (Lipinski definition) is 4. The fraction of sp³-hybridized carbons (Fsp3) is 0. The molecule has 2 heterocycles. The predicted octanol–water partition coefficient (Wildman–Crippen LogP) is 5.77. The zero-order valence-electron chi connectivity index (χ0n) is 11.1. The second-order valence-electron chi connectivity index (χ2n) is 4.67. The number of nitrogens with zero attached hydrogens (tertiary/aromatic N) is 1. The van der Waals surface area contributed by atoms with Crippen molar-refractivity contribution >= 4 is 43.6 Å². The van der Waals surface area contributed by atoms with Gasteiger partial charge in [0.2, 0.25) is 0 Å². The fourth-order valence-electron chi connectivity index (χ4n) is 2.20. The van der Waals surface area contributed by atoms with Crippen LogP contribution in [0.1, 0.15) is 0 Å². The van der Waals surface area contributed by atoms with Crippen LogP contribution in [0, 0.1) is 0 Å². The van der Waals surface area contributed by atoms with Gasteiger partial charge in [-0.25, -0.2) is 4.98 Å². The molecule has 0 amide bonds. The lowest BCUT2D eigenvalue weighted by atomic mass is 10.2. The van der Waals surface area contributed by atoms with Crippen LogP contribution in [0.15, 0.2) is 66.0 Å². The van der Waals surface area contributed by atoms with Crippen LogP contribution in [-0.4, -0.2) is 4.98 Å². The smallest absolute Gasteiger partial charge is 0.124 e. The van der Waals surface area contributed by atoms with E-state index < -0.39 is 0 Å². The molecule has 2 aromatic heterocycles. The van der Waals surface area contributed by atoms with E-state index in [1.165, 1.54) is 10.3 Å². The highest BCUT2D eigenvalue weighted by Gasteiger charge is 2.06. The van der Waals surface area contributed by atoms with Gasteiger partial charge in [-0.05, 0) is 35.7 Å². The number of fused-ring (bicyclic) bond motifs is 1. The molecule has 0 aliphatic heterocycles. The number of aromatic nitrogens is 1. The first-order valence-corrected chi connectivity index (χ1v) is 8.35. The molecule has 102 valence electrons. The van der Waals surface area contributed by atoms with Gasteiger partial charge in [0.05, 0.1) is 15.2 Å². The molecule has 1 N–H and O–H groups in total. The van der Waals surface area contributed by atoms with Crippen molar-refractivity contribution in [3.05, 3.63) is 66.0 Å². The van der Waals surface area contributed by atoms with Crippen LogP contribution in [0.2, 0.25) is 0 Å². The van der Waals surface area contributed by atoms with E-state index in [0.717, 1.165) is 21.2 Å². The quantitative estimate of drug-likeness (QED) is 0.520. The summed E-state index contributed by atoms with van der Waals surface area (Å²) in [6, 6.07) is 20.8. The number of rotatable bonds is 3. The Morgan fingerprint density at radius 3 is 2.62 bits per heavy atom. The minimum atomic E-state index is 1.04. The normalized spacial score (nSPS) is 10.9. The molecular formula is C17H12N2S2. The molecule has 0 radical (unpaired) electrons. The van der Waals surface area contributed by atoms with Crippen molar-refractivity contribution < 1.29 is 0 Å². The van der Waals surface area contributed by atoms with Crippen LogP contribution in [0.3, 0.4) is 0 Å². The molecule has 0 fully saturated rings. The van der Waals surface area contributed by atoms with E-state index in [9.17, 15) is 0 Å². The molecule has 0 unspecified atom stereocenters. The van der Waals surface area contributed by atoms with Gasteiger partial charge < -0.3 is 5.32 Å². The van der Waals surface area contributed by atoms with Gasteiger partial charge in [-0.15, -0.1) is 22.7 Å². The third-order valence-electron chi connectivity index (χ3n) is 3.20. The average Bonchev–Trinajstić information content (AvgIpc) is 3.17. The maximum Gasteiger partial charge on any atom is 0.124 e. The predicted molar refractivity (Wildman–Crippen MR) is 92.7 cm³/mol. The lowest BCUT2D eigenvalue weighted by Gasteiger charge is -2.02. The highest BCUT2D eigenvalue weighted by atomic mass is 32.1. The summed E-state index contributed by atoms with van der Waals surface area (Å²) in [5.74, 6) is 0. The maximum atomic E-state index is 4.75. The summed E-state index contributed by atoms with van der Waals surface area (Å²) in [4.78, 5) is 4.75. The second kappa shape index (κ2) is 5.31. The Hall–Kier alpha value is -2.17. The number of nitrogens with one attached hydrogen (secondary N) is 1. The Balaban J connectivity index is 1.71. The first-order valence-electron chi connectivity index (χ1n) is 6.65. The zero-order chi connectivity index (χ0) is 14.1. The lowest BCUT2D eigenvalue weighted by Crippen LogP contribution is -1.86. The van der Waals surface area contributed by atoms with Gasteiger partial charge in [0.25, 0.3) is 0 Å². The topological polar surface area (TPSA) is 24.9 Å². The van der Waals surface area contributed by atoms with E-state index in [4.69, 9.17) is 4.98 Å². The number of thiazole rings is 1. The standard InChI is InChI=1S/C17H12N2S2/c1-2-5-12(6-3-1)17-19-14-11-13(8-9-15(14)21-17)18-16-7-4-10-20-16/h1-11,18H. The van der Waals surface area contributed by atoms with E-state index in [2.05, 4.69) is 47.1 Å². The molecule has 0 aliphatic rings. The van der Waals surface area contributed by atoms with Crippen molar-refractivity contribution in [1.82, 2.24) is 4.98 Å². The molecule has 4 rings (SSSR count). The number of benzene rings is 2. The van der Waals surface area contributed by atoms with Crippen LogP contribution in [0.4, 0.5) is 10.7 Å². The summed E-state index contributed by atoms with van der Waals surface area (Å²) in [7, 11) is 0. The van der Waals surface area contributed by atoms with Crippen molar-refractivity contribution in [2.45, 2.75) is 0 Å². The van der Waals surface area contributed by atoms with Crippen molar-refractivity contribution in [3.63, 3.8) is 0 Å².